The van der Waals surface area contributed by atoms with Crippen LogP contribution in [0.5, 0.6) is 5.75 Å². The summed E-state index contributed by atoms with van der Waals surface area (Å²) in [7, 11) is 0. The second-order valence-electron chi connectivity index (χ2n) is 7.50. The summed E-state index contributed by atoms with van der Waals surface area (Å²) in [6, 6.07) is 6.43. The van der Waals surface area contributed by atoms with Crippen LogP contribution in [-0.4, -0.2) is 49.3 Å². The number of hydrogen-bond acceptors (Lipinski definition) is 5. The Balaban J connectivity index is 1.54. The molecule has 2 N–H and O–H groups in total. The molecule has 0 amide bonds. The van der Waals surface area contributed by atoms with Gasteiger partial charge in [-0.15, -0.1) is 0 Å². The van der Waals surface area contributed by atoms with Gasteiger partial charge in [-0.3, -0.25) is 0 Å². The zero-order valence-corrected chi connectivity index (χ0v) is 15.4. The van der Waals surface area contributed by atoms with Crippen molar-refractivity contribution < 1.29 is 19.3 Å². The van der Waals surface area contributed by atoms with Crippen LogP contribution in [0.25, 0.3) is 0 Å². The SMILES string of the molecule is Cc1cc(NC(C)CC2(O)CCOCC2)ccc1OC1CCOCC1. The third kappa shape index (κ3) is 5.33. The van der Waals surface area contributed by atoms with E-state index < -0.39 is 5.60 Å². The van der Waals surface area contributed by atoms with Crippen LogP contribution in [-0.2, 0) is 9.47 Å². The normalized spacial score (nSPS) is 22.4. The Kier molecular flexibility index (Phi) is 6.20. The molecule has 0 bridgehead atoms. The van der Waals surface area contributed by atoms with Crippen LogP contribution in [0.4, 0.5) is 5.69 Å². The summed E-state index contributed by atoms with van der Waals surface area (Å²) < 4.78 is 16.9. The Bertz CT molecular complexity index is 551. The molecule has 140 valence electrons. The highest BCUT2D eigenvalue weighted by Crippen LogP contribution is 2.29. The summed E-state index contributed by atoms with van der Waals surface area (Å²) in [6.45, 7) is 7.08. The average Bonchev–Trinajstić information content (AvgIpc) is 2.58. The van der Waals surface area contributed by atoms with E-state index in [1.165, 1.54) is 0 Å². The lowest BCUT2D eigenvalue weighted by molar-refractivity contribution is -0.0694. The fourth-order valence-corrected chi connectivity index (χ4v) is 3.71. The molecule has 1 aromatic carbocycles. The van der Waals surface area contributed by atoms with E-state index in [-0.39, 0.29) is 12.1 Å². The molecular weight excluding hydrogens is 318 g/mol. The van der Waals surface area contributed by atoms with Crippen molar-refractivity contribution in [1.29, 1.82) is 0 Å². The highest BCUT2D eigenvalue weighted by atomic mass is 16.5. The first-order valence-electron chi connectivity index (χ1n) is 9.46. The average molecular weight is 349 g/mol. The molecule has 2 aliphatic rings. The third-order valence-corrected chi connectivity index (χ3v) is 5.16. The van der Waals surface area contributed by atoms with Gasteiger partial charge in [0.15, 0.2) is 0 Å². The van der Waals surface area contributed by atoms with Gasteiger partial charge in [0.05, 0.1) is 18.8 Å². The largest absolute Gasteiger partial charge is 0.490 e. The fraction of sp³-hybridized carbons (Fsp3) is 0.700. The topological polar surface area (TPSA) is 60.0 Å². The minimum Gasteiger partial charge on any atom is -0.490 e. The molecule has 2 aliphatic heterocycles. The second kappa shape index (κ2) is 8.39. The van der Waals surface area contributed by atoms with E-state index in [0.29, 0.717) is 13.2 Å². The van der Waals surface area contributed by atoms with E-state index in [1.54, 1.807) is 0 Å². The van der Waals surface area contributed by atoms with E-state index in [0.717, 1.165) is 62.3 Å². The third-order valence-electron chi connectivity index (χ3n) is 5.16. The number of nitrogens with one attached hydrogen (secondary N) is 1. The van der Waals surface area contributed by atoms with Crippen LogP contribution in [0.1, 0.15) is 44.6 Å². The van der Waals surface area contributed by atoms with E-state index in [4.69, 9.17) is 14.2 Å². The van der Waals surface area contributed by atoms with Gasteiger partial charge in [-0.25, -0.2) is 0 Å². The zero-order chi connectivity index (χ0) is 17.7. The summed E-state index contributed by atoms with van der Waals surface area (Å²) in [5, 5.41) is 14.2. The van der Waals surface area contributed by atoms with Crippen LogP contribution < -0.4 is 10.1 Å². The number of benzene rings is 1. The standard InChI is InChI=1S/C20H31NO4/c1-15-13-17(3-4-19(15)25-18-5-9-23-10-6-18)21-16(2)14-20(22)7-11-24-12-8-20/h3-4,13,16,18,21-22H,5-12,14H2,1-2H3. The molecule has 0 aromatic heterocycles. The Morgan fingerprint density at radius 1 is 1.20 bits per heavy atom. The minimum atomic E-state index is -0.605. The number of anilines is 1. The number of hydrogen-bond donors (Lipinski definition) is 2. The summed E-state index contributed by atoms with van der Waals surface area (Å²) in [5.74, 6) is 0.952. The molecule has 0 radical (unpaired) electrons. The maximum Gasteiger partial charge on any atom is 0.122 e. The Hall–Kier alpha value is -1.30. The van der Waals surface area contributed by atoms with Crippen molar-refractivity contribution in [3.05, 3.63) is 23.8 Å². The molecule has 5 heteroatoms. The van der Waals surface area contributed by atoms with Crippen molar-refractivity contribution in [3.8, 4) is 5.75 Å². The first kappa shape index (κ1) is 18.5. The van der Waals surface area contributed by atoms with Crippen molar-refractivity contribution in [1.82, 2.24) is 0 Å². The van der Waals surface area contributed by atoms with Crippen LogP contribution in [0.3, 0.4) is 0 Å². The van der Waals surface area contributed by atoms with Gasteiger partial charge in [-0.05, 0) is 56.9 Å². The molecule has 25 heavy (non-hydrogen) atoms. The van der Waals surface area contributed by atoms with Crippen molar-refractivity contribution in [2.45, 2.75) is 63.7 Å². The van der Waals surface area contributed by atoms with Crippen molar-refractivity contribution >= 4 is 5.69 Å². The maximum atomic E-state index is 10.7. The molecule has 2 saturated heterocycles. The van der Waals surface area contributed by atoms with Gasteiger partial charge in [-0.1, -0.05) is 0 Å². The monoisotopic (exact) mass is 349 g/mol. The highest BCUT2D eigenvalue weighted by molar-refractivity contribution is 5.51. The first-order chi connectivity index (χ1) is 12.0. The lowest BCUT2D eigenvalue weighted by Gasteiger charge is -2.34. The summed E-state index contributed by atoms with van der Waals surface area (Å²) in [6.07, 6.45) is 4.34. The van der Waals surface area contributed by atoms with Crippen molar-refractivity contribution in [2.75, 3.05) is 31.7 Å². The molecule has 2 heterocycles. The predicted molar refractivity (Wildman–Crippen MR) is 98.4 cm³/mol. The van der Waals surface area contributed by atoms with Crippen molar-refractivity contribution in [3.63, 3.8) is 0 Å². The maximum absolute atomic E-state index is 10.7. The number of ether oxygens (including phenoxy) is 3. The number of aliphatic hydroxyl groups is 1. The van der Waals surface area contributed by atoms with Gasteiger partial charge in [0.2, 0.25) is 0 Å². The van der Waals surface area contributed by atoms with Crippen LogP contribution in [0.15, 0.2) is 18.2 Å². The lowest BCUT2D eigenvalue weighted by atomic mass is 9.88. The van der Waals surface area contributed by atoms with E-state index >= 15 is 0 Å². The Morgan fingerprint density at radius 3 is 2.56 bits per heavy atom. The van der Waals surface area contributed by atoms with Gasteiger partial charge in [-0.2, -0.15) is 0 Å². The van der Waals surface area contributed by atoms with Gasteiger partial charge < -0.3 is 24.6 Å². The summed E-state index contributed by atoms with van der Waals surface area (Å²) in [4.78, 5) is 0. The molecule has 1 aromatic rings. The molecule has 3 rings (SSSR count). The molecular formula is C20H31NO4. The van der Waals surface area contributed by atoms with E-state index in [2.05, 4.69) is 31.3 Å². The zero-order valence-electron chi connectivity index (χ0n) is 15.4. The van der Waals surface area contributed by atoms with Crippen molar-refractivity contribution in [2.24, 2.45) is 0 Å². The molecule has 0 spiro atoms. The molecule has 1 atom stereocenters. The quantitative estimate of drug-likeness (QED) is 0.825. The smallest absolute Gasteiger partial charge is 0.122 e. The Morgan fingerprint density at radius 2 is 1.88 bits per heavy atom. The number of rotatable bonds is 6. The van der Waals surface area contributed by atoms with Gasteiger partial charge in [0.1, 0.15) is 11.9 Å². The van der Waals surface area contributed by atoms with Gasteiger partial charge in [0, 0.05) is 37.8 Å². The van der Waals surface area contributed by atoms with Gasteiger partial charge >= 0.3 is 0 Å². The van der Waals surface area contributed by atoms with Gasteiger partial charge in [0.25, 0.3) is 0 Å². The molecule has 0 aliphatic carbocycles. The lowest BCUT2D eigenvalue weighted by Crippen LogP contribution is -2.40. The van der Waals surface area contributed by atoms with E-state index in [9.17, 15) is 5.11 Å². The first-order valence-corrected chi connectivity index (χ1v) is 9.46. The van der Waals surface area contributed by atoms with Crippen LogP contribution >= 0.6 is 0 Å². The number of aryl methyl sites for hydroxylation is 1. The second-order valence-corrected chi connectivity index (χ2v) is 7.50. The molecule has 2 fully saturated rings. The summed E-state index contributed by atoms with van der Waals surface area (Å²) >= 11 is 0. The summed E-state index contributed by atoms with van der Waals surface area (Å²) in [5.41, 5.74) is 1.60. The van der Waals surface area contributed by atoms with E-state index in [1.807, 2.05) is 6.07 Å². The van der Waals surface area contributed by atoms with Crippen LogP contribution in [0.2, 0.25) is 0 Å². The molecule has 1 unspecified atom stereocenters. The Labute approximate surface area is 150 Å². The fourth-order valence-electron chi connectivity index (χ4n) is 3.71. The predicted octanol–water partition coefficient (Wildman–Crippen LogP) is 3.28. The van der Waals surface area contributed by atoms with Crippen LogP contribution in [0, 0.1) is 6.92 Å². The molecule has 5 nitrogen and oxygen atoms in total. The highest BCUT2D eigenvalue weighted by Gasteiger charge is 2.31. The minimum absolute atomic E-state index is 0.199. The molecule has 0 saturated carbocycles.